The Bertz CT molecular complexity index is 1260. The third-order valence-corrected chi connectivity index (χ3v) is 8.42. The van der Waals surface area contributed by atoms with Crippen molar-refractivity contribution < 1.29 is 33.9 Å². The number of amides is 6. The Kier molecular flexibility index (Phi) is 16.0. The van der Waals surface area contributed by atoms with Gasteiger partial charge < -0.3 is 37.0 Å². The molecule has 1 aromatic rings. The van der Waals surface area contributed by atoms with Crippen molar-refractivity contribution in [2.45, 2.75) is 123 Å². The Morgan fingerprint density at radius 2 is 1.48 bits per heavy atom. The number of aliphatic hydroxyl groups is 1. The number of nitrogens with one attached hydrogen (secondary N) is 4. The zero-order valence-electron chi connectivity index (χ0n) is 29.5. The summed E-state index contributed by atoms with van der Waals surface area (Å²) in [5, 5.41) is 22.2. The minimum Gasteiger partial charge on any atom is -0.390 e. The van der Waals surface area contributed by atoms with Crippen molar-refractivity contribution in [1.82, 2.24) is 26.2 Å². The van der Waals surface area contributed by atoms with Gasteiger partial charge in [0.2, 0.25) is 35.4 Å². The third-order valence-electron chi connectivity index (χ3n) is 8.42. The summed E-state index contributed by atoms with van der Waals surface area (Å²) in [5.74, 6) is -3.26. The van der Waals surface area contributed by atoms with E-state index < -0.39 is 72.3 Å². The van der Waals surface area contributed by atoms with Crippen LogP contribution in [-0.4, -0.2) is 88.3 Å². The molecule has 6 amide bonds. The summed E-state index contributed by atoms with van der Waals surface area (Å²) in [7, 11) is 0. The predicted molar refractivity (Wildman–Crippen MR) is 182 cm³/mol. The zero-order chi connectivity index (χ0) is 36.1. The number of hydrogen-bond acceptors (Lipinski definition) is 7. The zero-order valence-corrected chi connectivity index (χ0v) is 29.5. The smallest absolute Gasteiger partial charge is 0.243 e. The molecule has 13 nitrogen and oxygen atoms in total. The van der Waals surface area contributed by atoms with Crippen LogP contribution in [0.2, 0.25) is 0 Å². The molecule has 0 aliphatic carbocycles. The second-order valence-corrected chi connectivity index (χ2v) is 14.0. The lowest BCUT2D eigenvalue weighted by Gasteiger charge is -2.31. The predicted octanol–water partition coefficient (Wildman–Crippen LogP) is 1.16. The third kappa shape index (κ3) is 12.9. The first kappa shape index (κ1) is 40.2. The maximum absolute atomic E-state index is 13.5. The van der Waals surface area contributed by atoms with Crippen LogP contribution >= 0.6 is 0 Å². The van der Waals surface area contributed by atoms with Crippen LogP contribution in [0.4, 0.5) is 0 Å². The number of nitrogens with zero attached hydrogens (tertiary/aromatic N) is 1. The van der Waals surface area contributed by atoms with Crippen molar-refractivity contribution in [2.24, 2.45) is 23.5 Å². The lowest BCUT2D eigenvalue weighted by atomic mass is 9.95. The fraction of sp³-hybridized carbons (Fsp3) is 0.657. The van der Waals surface area contributed by atoms with Crippen LogP contribution < -0.4 is 27.0 Å². The van der Waals surface area contributed by atoms with Gasteiger partial charge >= 0.3 is 0 Å². The van der Waals surface area contributed by atoms with Crippen LogP contribution in [0.25, 0.3) is 0 Å². The number of likely N-dealkylation sites (tertiary alicyclic amines) is 1. The number of carbonyl (C=O) groups is 6. The van der Waals surface area contributed by atoms with E-state index in [-0.39, 0.29) is 36.5 Å². The molecule has 0 spiro atoms. The molecular formula is C35H56N6O7. The summed E-state index contributed by atoms with van der Waals surface area (Å²) in [4.78, 5) is 78.8. The average molecular weight is 673 g/mol. The first-order valence-corrected chi connectivity index (χ1v) is 17.0. The van der Waals surface area contributed by atoms with Crippen LogP contribution in [0.5, 0.6) is 0 Å². The van der Waals surface area contributed by atoms with Gasteiger partial charge in [-0.2, -0.15) is 0 Å². The molecule has 0 radical (unpaired) electrons. The number of hydrogen-bond donors (Lipinski definition) is 6. The van der Waals surface area contributed by atoms with Crippen LogP contribution in [0, 0.1) is 17.8 Å². The molecule has 1 aliphatic rings. The lowest BCUT2D eigenvalue weighted by molar-refractivity contribution is -0.138. The van der Waals surface area contributed by atoms with Crippen LogP contribution in [0.1, 0.15) is 86.1 Å². The van der Waals surface area contributed by atoms with E-state index in [1.54, 1.807) is 13.8 Å². The van der Waals surface area contributed by atoms with Gasteiger partial charge in [-0.15, -0.1) is 0 Å². The average Bonchev–Trinajstić information content (AvgIpc) is 3.49. The van der Waals surface area contributed by atoms with Gasteiger partial charge in [-0.25, -0.2) is 0 Å². The monoisotopic (exact) mass is 672 g/mol. The van der Waals surface area contributed by atoms with Crippen LogP contribution in [0.3, 0.4) is 0 Å². The molecule has 0 bridgehead atoms. The van der Waals surface area contributed by atoms with Gasteiger partial charge in [-0.1, -0.05) is 71.9 Å². The van der Waals surface area contributed by atoms with Gasteiger partial charge in [0.25, 0.3) is 0 Å². The molecular weight excluding hydrogens is 616 g/mol. The highest BCUT2D eigenvalue weighted by molar-refractivity contribution is 5.93. The molecule has 0 unspecified atom stereocenters. The van der Waals surface area contributed by atoms with E-state index >= 15 is 0 Å². The Balaban J connectivity index is 2.11. The highest BCUT2D eigenvalue weighted by atomic mass is 16.3. The molecule has 13 heteroatoms. The largest absolute Gasteiger partial charge is 0.390 e. The number of rotatable bonds is 18. The number of aliphatic hydroxyl groups excluding tert-OH is 1. The first-order chi connectivity index (χ1) is 22.5. The Labute approximate surface area is 284 Å². The van der Waals surface area contributed by atoms with Crippen molar-refractivity contribution in [3.8, 4) is 0 Å². The molecule has 268 valence electrons. The summed E-state index contributed by atoms with van der Waals surface area (Å²) >= 11 is 0. The van der Waals surface area contributed by atoms with E-state index in [1.807, 2.05) is 58.0 Å². The Morgan fingerprint density at radius 3 is 2.02 bits per heavy atom. The van der Waals surface area contributed by atoms with E-state index in [0.717, 1.165) is 5.56 Å². The Morgan fingerprint density at radius 1 is 0.854 bits per heavy atom. The summed E-state index contributed by atoms with van der Waals surface area (Å²) in [6.45, 7) is 13.1. The topological polar surface area (TPSA) is 200 Å². The van der Waals surface area contributed by atoms with Gasteiger partial charge in [-0.3, -0.25) is 28.8 Å². The molecule has 1 aliphatic heterocycles. The van der Waals surface area contributed by atoms with Crippen molar-refractivity contribution >= 4 is 35.4 Å². The molecule has 7 N–H and O–H groups in total. The van der Waals surface area contributed by atoms with Crippen LogP contribution in [0.15, 0.2) is 30.3 Å². The SMILES string of the molecule is CC(=O)N1CCC[C@H]1C(=O)N[C@H](C(=O)N[C@@H](CC(C)C)[C@@H](O)CC(=O)N[C@@H](CC(C)C)C(=O)N[C@@H](Cc1ccccc1)C(N)=O)C(C)C. The van der Waals surface area contributed by atoms with Gasteiger partial charge in [0.1, 0.15) is 24.2 Å². The molecule has 0 saturated carbocycles. The van der Waals surface area contributed by atoms with Gasteiger partial charge in [0.15, 0.2) is 0 Å². The number of benzene rings is 1. The van der Waals surface area contributed by atoms with Gasteiger partial charge in [-0.05, 0) is 49.0 Å². The maximum atomic E-state index is 13.5. The second-order valence-electron chi connectivity index (χ2n) is 14.0. The van der Waals surface area contributed by atoms with Crippen LogP contribution in [-0.2, 0) is 35.2 Å². The highest BCUT2D eigenvalue weighted by Crippen LogP contribution is 2.19. The molecule has 1 saturated heterocycles. The highest BCUT2D eigenvalue weighted by Gasteiger charge is 2.36. The fourth-order valence-corrected chi connectivity index (χ4v) is 5.93. The Hall–Kier alpha value is -4.00. The maximum Gasteiger partial charge on any atom is 0.243 e. The van der Waals surface area contributed by atoms with E-state index in [4.69, 9.17) is 5.73 Å². The molecule has 1 aromatic carbocycles. The van der Waals surface area contributed by atoms with Crippen molar-refractivity contribution in [1.29, 1.82) is 0 Å². The summed E-state index contributed by atoms with van der Waals surface area (Å²) in [6.07, 6.45) is 0.295. The molecule has 1 fully saturated rings. The van der Waals surface area contributed by atoms with Crippen molar-refractivity contribution in [2.75, 3.05) is 6.54 Å². The van der Waals surface area contributed by atoms with Crippen molar-refractivity contribution in [3.63, 3.8) is 0 Å². The normalized spacial score (nSPS) is 17.7. The van der Waals surface area contributed by atoms with E-state index in [0.29, 0.717) is 25.8 Å². The quantitative estimate of drug-likeness (QED) is 0.134. The summed E-state index contributed by atoms with van der Waals surface area (Å²) < 4.78 is 0. The second kappa shape index (κ2) is 19.1. The molecule has 0 aromatic heterocycles. The number of primary amides is 1. The molecule has 1 heterocycles. The standard InChI is InChI=1S/C35H56N6O7/c1-20(2)16-25(38-35(48)31(22(5)6)40-34(47)28-14-11-15-41(28)23(7)42)29(43)19-30(44)37-27(17-21(3)4)33(46)39-26(32(36)45)18-24-12-9-8-10-13-24/h8-10,12-13,20-22,25-29,31,43H,11,14-19H2,1-7H3,(H2,36,45)(H,37,44)(H,38,48)(H,39,46)(H,40,47)/t25-,26-,27-,28-,29-,31-/m0/s1. The summed E-state index contributed by atoms with van der Waals surface area (Å²) in [5.41, 5.74) is 6.39. The van der Waals surface area contributed by atoms with E-state index in [2.05, 4.69) is 21.3 Å². The summed E-state index contributed by atoms with van der Waals surface area (Å²) in [6, 6.07) is 4.71. The minimum absolute atomic E-state index is 0.00929. The van der Waals surface area contributed by atoms with Gasteiger partial charge in [0.05, 0.1) is 18.6 Å². The molecule has 2 rings (SSSR count). The fourth-order valence-electron chi connectivity index (χ4n) is 5.93. The van der Waals surface area contributed by atoms with E-state index in [9.17, 15) is 33.9 Å². The number of carbonyl (C=O) groups excluding carboxylic acids is 6. The van der Waals surface area contributed by atoms with E-state index in [1.165, 1.54) is 11.8 Å². The molecule has 48 heavy (non-hydrogen) atoms. The first-order valence-electron chi connectivity index (χ1n) is 17.0. The van der Waals surface area contributed by atoms with Crippen molar-refractivity contribution in [3.05, 3.63) is 35.9 Å². The van der Waals surface area contributed by atoms with Gasteiger partial charge in [0, 0.05) is 19.9 Å². The minimum atomic E-state index is -1.30. The number of nitrogens with two attached hydrogens (primary N) is 1. The molecule has 6 atom stereocenters. The lowest BCUT2D eigenvalue weighted by Crippen LogP contribution is -2.58.